The maximum atomic E-state index is 12.1. The van der Waals surface area contributed by atoms with Crippen LogP contribution in [-0.2, 0) is 19.4 Å². The molecule has 3 N–H and O–H groups in total. The highest BCUT2D eigenvalue weighted by molar-refractivity contribution is 14.0. The minimum Gasteiger partial charge on any atom is -0.406 e. The molecule has 1 heterocycles. The van der Waals surface area contributed by atoms with E-state index in [1.807, 2.05) is 5.38 Å². The van der Waals surface area contributed by atoms with Crippen LogP contribution >= 0.6 is 35.3 Å². The number of nitrogens with two attached hydrogens (primary N) is 1. The van der Waals surface area contributed by atoms with Crippen molar-refractivity contribution in [1.82, 2.24) is 10.3 Å². The lowest BCUT2D eigenvalue weighted by Crippen LogP contribution is -2.33. The number of thiazole rings is 1. The molecule has 0 unspecified atom stereocenters. The zero-order valence-electron chi connectivity index (χ0n) is 14.0. The fourth-order valence-electron chi connectivity index (χ4n) is 1.97. The van der Waals surface area contributed by atoms with Crippen LogP contribution in [0.1, 0.15) is 23.2 Å². The summed E-state index contributed by atoms with van der Waals surface area (Å²) in [5.41, 5.74) is 7.52. The van der Waals surface area contributed by atoms with Crippen molar-refractivity contribution >= 4 is 41.3 Å². The second-order valence-corrected chi connectivity index (χ2v) is 6.10. The van der Waals surface area contributed by atoms with Crippen molar-refractivity contribution in [3.05, 3.63) is 45.9 Å². The summed E-state index contributed by atoms with van der Waals surface area (Å²) < 4.78 is 40.1. The molecule has 144 valence electrons. The fraction of sp³-hybridized carbons (Fsp3) is 0.375. The summed E-state index contributed by atoms with van der Waals surface area (Å²) in [5, 5.41) is 6.12. The number of nitrogens with one attached hydrogen (secondary N) is 1. The van der Waals surface area contributed by atoms with Crippen molar-refractivity contribution in [2.45, 2.75) is 32.7 Å². The molecular weight excluding hydrogens is 480 g/mol. The molecule has 0 atom stereocenters. The maximum Gasteiger partial charge on any atom is 0.573 e. The van der Waals surface area contributed by atoms with Crippen LogP contribution in [0.25, 0.3) is 0 Å². The number of aliphatic imine (C=N–C) groups is 1. The molecule has 0 aliphatic carbocycles. The predicted octanol–water partition coefficient (Wildman–Crippen LogP) is 3.87. The largest absolute Gasteiger partial charge is 0.573 e. The summed E-state index contributed by atoms with van der Waals surface area (Å²) in [4.78, 5) is 8.61. The van der Waals surface area contributed by atoms with E-state index in [4.69, 9.17) is 5.73 Å². The first-order chi connectivity index (χ1) is 11.9. The molecule has 1 aromatic carbocycles. The molecule has 0 aliphatic rings. The SMILES string of the molecule is CCc1nc(CCNC(N)=NCc2ccc(OC(F)(F)F)cc2)cs1.I. The smallest absolute Gasteiger partial charge is 0.406 e. The van der Waals surface area contributed by atoms with Gasteiger partial charge in [-0.3, -0.25) is 0 Å². The first-order valence-corrected chi connectivity index (χ1v) is 8.55. The summed E-state index contributed by atoms with van der Waals surface area (Å²) in [7, 11) is 0. The van der Waals surface area contributed by atoms with Gasteiger partial charge in [0.2, 0.25) is 0 Å². The normalized spacial score (nSPS) is 11.8. The number of rotatable bonds is 7. The van der Waals surface area contributed by atoms with Crippen molar-refractivity contribution < 1.29 is 17.9 Å². The Balaban J connectivity index is 0.00000338. The molecule has 26 heavy (non-hydrogen) atoms. The summed E-state index contributed by atoms with van der Waals surface area (Å²) >= 11 is 1.64. The van der Waals surface area contributed by atoms with E-state index in [9.17, 15) is 13.2 Å². The second kappa shape index (κ2) is 10.6. The number of alkyl halides is 3. The van der Waals surface area contributed by atoms with E-state index in [0.29, 0.717) is 6.54 Å². The van der Waals surface area contributed by atoms with E-state index in [-0.39, 0.29) is 42.2 Å². The van der Waals surface area contributed by atoms with E-state index >= 15 is 0 Å². The Morgan fingerprint density at radius 1 is 1.31 bits per heavy atom. The van der Waals surface area contributed by atoms with Crippen LogP contribution in [-0.4, -0.2) is 23.9 Å². The number of aryl methyl sites for hydroxylation is 1. The van der Waals surface area contributed by atoms with Crippen LogP contribution in [0.3, 0.4) is 0 Å². The number of benzene rings is 1. The molecule has 0 amide bonds. The Kier molecular flexibility index (Phi) is 9.13. The van der Waals surface area contributed by atoms with Gasteiger partial charge in [0.25, 0.3) is 0 Å². The third kappa shape index (κ3) is 8.21. The first-order valence-electron chi connectivity index (χ1n) is 7.67. The molecular formula is C16H20F3IN4OS. The van der Waals surface area contributed by atoms with Gasteiger partial charge in [0.05, 0.1) is 17.2 Å². The number of ether oxygens (including phenoxy) is 1. The molecule has 0 fully saturated rings. The van der Waals surface area contributed by atoms with Crippen molar-refractivity contribution in [3.8, 4) is 5.75 Å². The zero-order chi connectivity index (χ0) is 18.3. The van der Waals surface area contributed by atoms with Gasteiger partial charge in [0, 0.05) is 18.3 Å². The molecule has 2 rings (SSSR count). The van der Waals surface area contributed by atoms with Crippen LogP contribution in [0.2, 0.25) is 0 Å². The van der Waals surface area contributed by atoms with Gasteiger partial charge in [0.1, 0.15) is 5.75 Å². The molecule has 10 heteroatoms. The van der Waals surface area contributed by atoms with Gasteiger partial charge in [-0.1, -0.05) is 19.1 Å². The van der Waals surface area contributed by atoms with Crippen molar-refractivity contribution in [3.63, 3.8) is 0 Å². The summed E-state index contributed by atoms with van der Waals surface area (Å²) in [6.07, 6.45) is -3.02. The molecule has 0 spiro atoms. The topological polar surface area (TPSA) is 72.5 Å². The number of guanidine groups is 1. The lowest BCUT2D eigenvalue weighted by Gasteiger charge is -2.09. The van der Waals surface area contributed by atoms with Gasteiger partial charge in [0.15, 0.2) is 5.96 Å². The molecule has 0 radical (unpaired) electrons. The van der Waals surface area contributed by atoms with Gasteiger partial charge in [-0.15, -0.1) is 48.5 Å². The number of halogens is 4. The number of nitrogens with zero attached hydrogens (tertiary/aromatic N) is 2. The minimum absolute atomic E-state index is 0. The minimum atomic E-state index is -4.69. The number of hydrogen-bond donors (Lipinski definition) is 2. The Bertz CT molecular complexity index is 704. The highest BCUT2D eigenvalue weighted by Crippen LogP contribution is 2.22. The zero-order valence-corrected chi connectivity index (χ0v) is 17.2. The predicted molar refractivity (Wildman–Crippen MR) is 107 cm³/mol. The average molecular weight is 500 g/mol. The molecule has 2 aromatic rings. The average Bonchev–Trinajstić information content (AvgIpc) is 3.01. The molecule has 0 aliphatic heterocycles. The monoisotopic (exact) mass is 500 g/mol. The van der Waals surface area contributed by atoms with Crippen molar-refractivity contribution in [2.24, 2.45) is 10.7 Å². The lowest BCUT2D eigenvalue weighted by molar-refractivity contribution is -0.274. The van der Waals surface area contributed by atoms with Crippen molar-refractivity contribution in [1.29, 1.82) is 0 Å². The van der Waals surface area contributed by atoms with Crippen molar-refractivity contribution in [2.75, 3.05) is 6.54 Å². The standard InChI is InChI=1S/C16H19F3N4OS.HI/c1-2-14-23-12(10-25-14)7-8-21-15(20)22-9-11-3-5-13(6-4-11)24-16(17,18)19;/h3-6,10H,2,7-9H2,1H3,(H3,20,21,22);1H. The third-order valence-electron chi connectivity index (χ3n) is 3.18. The van der Waals surface area contributed by atoms with E-state index in [1.165, 1.54) is 24.3 Å². The molecule has 0 saturated heterocycles. The fourth-order valence-corrected chi connectivity index (χ4v) is 2.75. The number of hydrogen-bond acceptors (Lipinski definition) is 4. The van der Waals surface area contributed by atoms with Gasteiger partial charge in [-0.2, -0.15) is 0 Å². The Morgan fingerprint density at radius 2 is 2.00 bits per heavy atom. The molecule has 5 nitrogen and oxygen atoms in total. The Hall–Kier alpha value is -1.56. The van der Waals surface area contributed by atoms with E-state index in [2.05, 4.69) is 27.0 Å². The summed E-state index contributed by atoms with van der Waals surface area (Å²) in [5.74, 6) is 0.0163. The molecule has 0 saturated carbocycles. The maximum absolute atomic E-state index is 12.1. The van der Waals surface area contributed by atoms with Crippen LogP contribution in [0, 0.1) is 0 Å². The van der Waals surface area contributed by atoms with Crippen LogP contribution in [0.15, 0.2) is 34.6 Å². The van der Waals surface area contributed by atoms with Crippen LogP contribution in [0.5, 0.6) is 5.75 Å². The van der Waals surface area contributed by atoms with Gasteiger partial charge in [-0.25, -0.2) is 9.98 Å². The first kappa shape index (κ1) is 22.5. The van der Waals surface area contributed by atoms with Gasteiger partial charge >= 0.3 is 6.36 Å². The molecule has 0 bridgehead atoms. The summed E-state index contributed by atoms with van der Waals surface area (Å²) in [6, 6.07) is 5.52. The van der Waals surface area contributed by atoms with E-state index < -0.39 is 6.36 Å². The molecule has 1 aromatic heterocycles. The second-order valence-electron chi connectivity index (χ2n) is 5.16. The highest BCUT2D eigenvalue weighted by Gasteiger charge is 2.30. The van der Waals surface area contributed by atoms with E-state index in [1.54, 1.807) is 11.3 Å². The third-order valence-corrected chi connectivity index (χ3v) is 4.22. The lowest BCUT2D eigenvalue weighted by atomic mass is 10.2. The Morgan fingerprint density at radius 3 is 2.58 bits per heavy atom. The summed E-state index contributed by atoms with van der Waals surface area (Å²) in [6.45, 7) is 2.94. The quantitative estimate of drug-likeness (QED) is 0.344. The van der Waals surface area contributed by atoms with Gasteiger partial charge < -0.3 is 15.8 Å². The number of aromatic nitrogens is 1. The van der Waals surface area contributed by atoms with Crippen LogP contribution in [0.4, 0.5) is 13.2 Å². The Labute approximate surface area is 170 Å². The highest BCUT2D eigenvalue weighted by atomic mass is 127. The van der Waals surface area contributed by atoms with E-state index in [0.717, 1.165) is 29.1 Å². The van der Waals surface area contributed by atoms with Crippen LogP contribution < -0.4 is 15.8 Å². The van der Waals surface area contributed by atoms with Gasteiger partial charge in [-0.05, 0) is 24.1 Å².